The van der Waals surface area contributed by atoms with Crippen LogP contribution in [0.2, 0.25) is 0 Å². The fourth-order valence-electron chi connectivity index (χ4n) is 2.22. The van der Waals surface area contributed by atoms with Gasteiger partial charge >= 0.3 is 0 Å². The first kappa shape index (κ1) is 14.8. The molecule has 110 valence electrons. The maximum absolute atomic E-state index is 12.3. The number of rotatable bonds is 3. The van der Waals surface area contributed by atoms with Crippen LogP contribution in [0.15, 0.2) is 24.3 Å². The van der Waals surface area contributed by atoms with E-state index < -0.39 is 4.92 Å². The van der Waals surface area contributed by atoms with Crippen molar-refractivity contribution in [3.63, 3.8) is 0 Å². The molecule has 0 atom stereocenters. The molecular weight excluding hydrogens is 270 g/mol. The van der Waals surface area contributed by atoms with Crippen LogP contribution in [-0.2, 0) is 7.05 Å². The zero-order valence-electron chi connectivity index (χ0n) is 12.4. The number of anilines is 1. The Labute approximate surface area is 122 Å². The lowest BCUT2D eigenvalue weighted by Gasteiger charge is -2.07. The van der Waals surface area contributed by atoms with E-state index in [1.807, 2.05) is 31.5 Å². The van der Waals surface area contributed by atoms with Gasteiger partial charge in [-0.1, -0.05) is 0 Å². The van der Waals surface area contributed by atoms with Crippen molar-refractivity contribution in [1.29, 1.82) is 0 Å². The van der Waals surface area contributed by atoms with Crippen LogP contribution in [0.25, 0.3) is 0 Å². The van der Waals surface area contributed by atoms with Crippen molar-refractivity contribution in [2.75, 3.05) is 5.32 Å². The van der Waals surface area contributed by atoms with E-state index in [9.17, 15) is 14.9 Å². The maximum Gasteiger partial charge on any atom is 0.272 e. The summed E-state index contributed by atoms with van der Waals surface area (Å²) in [5.74, 6) is -0.218. The summed E-state index contributed by atoms with van der Waals surface area (Å²) < 4.78 is 1.94. The zero-order chi connectivity index (χ0) is 15.7. The van der Waals surface area contributed by atoms with E-state index in [0.29, 0.717) is 16.8 Å². The van der Waals surface area contributed by atoms with Crippen molar-refractivity contribution < 1.29 is 9.72 Å². The SMILES string of the molecule is Cc1cc(NC(=O)c2cc(C)n(C)c2C)ccc1[N+](=O)[O-]. The van der Waals surface area contributed by atoms with Crippen LogP contribution in [0.1, 0.15) is 27.3 Å². The fourth-order valence-corrected chi connectivity index (χ4v) is 2.22. The normalized spacial score (nSPS) is 10.5. The van der Waals surface area contributed by atoms with E-state index in [1.165, 1.54) is 12.1 Å². The number of hydrogen-bond acceptors (Lipinski definition) is 3. The third kappa shape index (κ3) is 2.79. The maximum atomic E-state index is 12.3. The highest BCUT2D eigenvalue weighted by molar-refractivity contribution is 6.05. The molecule has 0 spiro atoms. The molecule has 2 aromatic rings. The lowest BCUT2D eigenvalue weighted by Crippen LogP contribution is -2.13. The van der Waals surface area contributed by atoms with E-state index in [0.717, 1.165) is 11.4 Å². The predicted molar refractivity (Wildman–Crippen MR) is 80.7 cm³/mol. The summed E-state index contributed by atoms with van der Waals surface area (Å²) in [6.07, 6.45) is 0. The molecule has 2 rings (SSSR count). The number of amides is 1. The molecule has 0 radical (unpaired) electrons. The minimum Gasteiger partial charge on any atom is -0.351 e. The minimum absolute atomic E-state index is 0.0414. The Morgan fingerprint density at radius 3 is 2.38 bits per heavy atom. The number of nitro groups is 1. The van der Waals surface area contributed by atoms with Crippen LogP contribution >= 0.6 is 0 Å². The van der Waals surface area contributed by atoms with Crippen molar-refractivity contribution in [2.45, 2.75) is 20.8 Å². The Morgan fingerprint density at radius 2 is 1.90 bits per heavy atom. The average molecular weight is 287 g/mol. The van der Waals surface area contributed by atoms with Crippen LogP contribution in [0.3, 0.4) is 0 Å². The van der Waals surface area contributed by atoms with Crippen molar-refractivity contribution in [3.05, 3.63) is 56.9 Å². The topological polar surface area (TPSA) is 77.2 Å². The summed E-state index contributed by atoms with van der Waals surface area (Å²) in [5.41, 5.74) is 3.58. The molecule has 0 saturated carbocycles. The van der Waals surface area contributed by atoms with Crippen molar-refractivity contribution >= 4 is 17.3 Å². The number of nitrogens with one attached hydrogen (secondary N) is 1. The Bertz CT molecular complexity index is 732. The molecule has 0 aliphatic carbocycles. The van der Waals surface area contributed by atoms with Gasteiger partial charge in [-0.15, -0.1) is 0 Å². The van der Waals surface area contributed by atoms with Gasteiger partial charge in [0.15, 0.2) is 0 Å². The summed E-state index contributed by atoms with van der Waals surface area (Å²) in [6.45, 7) is 5.45. The molecule has 0 unspecified atom stereocenters. The number of nitro benzene ring substituents is 1. The van der Waals surface area contributed by atoms with Gasteiger partial charge in [0.2, 0.25) is 0 Å². The molecule has 21 heavy (non-hydrogen) atoms. The lowest BCUT2D eigenvalue weighted by atomic mass is 10.1. The van der Waals surface area contributed by atoms with Crippen LogP contribution in [0.5, 0.6) is 0 Å². The summed E-state index contributed by atoms with van der Waals surface area (Å²) in [4.78, 5) is 22.6. The number of aryl methyl sites for hydroxylation is 2. The first-order valence-electron chi connectivity index (χ1n) is 6.50. The highest BCUT2D eigenvalue weighted by Gasteiger charge is 2.15. The smallest absolute Gasteiger partial charge is 0.272 e. The molecule has 1 amide bonds. The molecule has 1 N–H and O–H groups in total. The average Bonchev–Trinajstić information content (AvgIpc) is 2.66. The lowest BCUT2D eigenvalue weighted by molar-refractivity contribution is -0.385. The van der Waals surface area contributed by atoms with Crippen LogP contribution < -0.4 is 5.32 Å². The molecule has 0 bridgehead atoms. The van der Waals surface area contributed by atoms with Gasteiger partial charge in [0.05, 0.1) is 10.5 Å². The minimum atomic E-state index is -0.439. The van der Waals surface area contributed by atoms with Gasteiger partial charge in [0.1, 0.15) is 0 Å². The van der Waals surface area contributed by atoms with E-state index >= 15 is 0 Å². The first-order chi connectivity index (χ1) is 9.81. The molecule has 0 saturated heterocycles. The highest BCUT2D eigenvalue weighted by Crippen LogP contribution is 2.22. The van der Waals surface area contributed by atoms with Crippen molar-refractivity contribution in [2.24, 2.45) is 7.05 Å². The van der Waals surface area contributed by atoms with Gasteiger partial charge in [-0.25, -0.2) is 0 Å². The van der Waals surface area contributed by atoms with E-state index in [4.69, 9.17) is 0 Å². The van der Waals surface area contributed by atoms with E-state index in [2.05, 4.69) is 5.32 Å². The molecule has 0 fully saturated rings. The van der Waals surface area contributed by atoms with Crippen molar-refractivity contribution in [3.8, 4) is 0 Å². The molecule has 1 heterocycles. The zero-order valence-corrected chi connectivity index (χ0v) is 12.4. The summed E-state index contributed by atoms with van der Waals surface area (Å²) in [5, 5.41) is 13.5. The van der Waals surface area contributed by atoms with Gasteiger partial charge in [-0.2, -0.15) is 0 Å². The molecule has 1 aromatic carbocycles. The first-order valence-corrected chi connectivity index (χ1v) is 6.50. The standard InChI is InChI=1S/C15H17N3O3/c1-9-7-12(5-6-14(9)18(20)21)16-15(19)13-8-10(2)17(4)11(13)3/h5-8H,1-4H3,(H,16,19). The third-order valence-corrected chi connectivity index (χ3v) is 3.67. The molecular formula is C15H17N3O3. The second-order valence-corrected chi connectivity index (χ2v) is 5.06. The molecule has 0 aliphatic rings. The van der Waals surface area contributed by atoms with Crippen LogP contribution in [0, 0.1) is 30.9 Å². The van der Waals surface area contributed by atoms with Gasteiger partial charge in [-0.3, -0.25) is 14.9 Å². The number of carbonyl (C=O) groups excluding carboxylic acids is 1. The van der Waals surface area contributed by atoms with Gasteiger partial charge in [-0.05, 0) is 39.0 Å². The van der Waals surface area contributed by atoms with E-state index in [1.54, 1.807) is 13.0 Å². The number of nitrogens with zero attached hydrogens (tertiary/aromatic N) is 2. The van der Waals surface area contributed by atoms with Gasteiger partial charge in [0, 0.05) is 35.8 Å². The third-order valence-electron chi connectivity index (χ3n) is 3.67. The second kappa shape index (κ2) is 5.40. The summed E-state index contributed by atoms with van der Waals surface area (Å²) in [7, 11) is 1.90. The highest BCUT2D eigenvalue weighted by atomic mass is 16.6. The number of carbonyl (C=O) groups is 1. The number of hydrogen-bond donors (Lipinski definition) is 1. The summed E-state index contributed by atoms with van der Waals surface area (Å²) in [6, 6.07) is 6.35. The Balaban J connectivity index is 2.26. The number of benzene rings is 1. The fraction of sp³-hybridized carbons (Fsp3) is 0.267. The molecule has 0 aliphatic heterocycles. The second-order valence-electron chi connectivity index (χ2n) is 5.06. The van der Waals surface area contributed by atoms with Crippen LogP contribution in [0.4, 0.5) is 11.4 Å². The predicted octanol–water partition coefficient (Wildman–Crippen LogP) is 3.11. The molecule has 1 aromatic heterocycles. The Hall–Kier alpha value is -2.63. The monoisotopic (exact) mass is 287 g/mol. The van der Waals surface area contributed by atoms with Gasteiger partial charge in [0.25, 0.3) is 11.6 Å². The molecule has 6 nitrogen and oxygen atoms in total. The number of aromatic nitrogens is 1. The van der Waals surface area contributed by atoms with Crippen LogP contribution in [-0.4, -0.2) is 15.4 Å². The Morgan fingerprint density at radius 1 is 1.24 bits per heavy atom. The van der Waals surface area contributed by atoms with E-state index in [-0.39, 0.29) is 11.6 Å². The largest absolute Gasteiger partial charge is 0.351 e. The van der Waals surface area contributed by atoms with Crippen molar-refractivity contribution in [1.82, 2.24) is 4.57 Å². The quantitative estimate of drug-likeness (QED) is 0.696. The van der Waals surface area contributed by atoms with Gasteiger partial charge < -0.3 is 9.88 Å². The Kier molecular flexibility index (Phi) is 3.80. The molecule has 6 heteroatoms. The summed E-state index contributed by atoms with van der Waals surface area (Å²) >= 11 is 0.